The van der Waals surface area contributed by atoms with Gasteiger partial charge in [0.15, 0.2) is 0 Å². The van der Waals surface area contributed by atoms with Crippen molar-refractivity contribution >= 4 is 27.2 Å². The second-order valence-electron chi connectivity index (χ2n) is 4.04. The van der Waals surface area contributed by atoms with Gasteiger partial charge in [-0.15, -0.1) is 11.3 Å². The molecule has 0 aromatic carbocycles. The molecule has 0 saturated heterocycles. The van der Waals surface area contributed by atoms with Crippen molar-refractivity contribution in [3.05, 3.63) is 58.0 Å². The number of nitrogens with zero attached hydrogens (tertiary/aromatic N) is 2. The van der Waals surface area contributed by atoms with Crippen molar-refractivity contribution < 1.29 is 0 Å². The standard InChI is InChI=1S/C13H11N3OS/c14-12-7-9(1-4-15-12)8-16-5-2-11-10(13(16)17)3-6-18-11/h1-7H,8H2,(H2,14,15). The van der Waals surface area contributed by atoms with E-state index in [2.05, 4.69) is 4.98 Å². The monoisotopic (exact) mass is 257 g/mol. The first-order valence-corrected chi connectivity index (χ1v) is 6.39. The van der Waals surface area contributed by atoms with E-state index in [1.165, 1.54) is 0 Å². The van der Waals surface area contributed by atoms with Gasteiger partial charge >= 0.3 is 0 Å². The molecule has 0 fully saturated rings. The highest BCUT2D eigenvalue weighted by Crippen LogP contribution is 2.16. The summed E-state index contributed by atoms with van der Waals surface area (Å²) in [6.45, 7) is 0.511. The highest BCUT2D eigenvalue weighted by molar-refractivity contribution is 7.17. The molecule has 0 unspecified atom stereocenters. The van der Waals surface area contributed by atoms with Gasteiger partial charge in [0, 0.05) is 17.1 Å². The number of rotatable bonds is 2. The topological polar surface area (TPSA) is 60.9 Å². The summed E-state index contributed by atoms with van der Waals surface area (Å²) < 4.78 is 2.70. The average Bonchev–Trinajstić information content (AvgIpc) is 2.82. The summed E-state index contributed by atoms with van der Waals surface area (Å²) in [5.74, 6) is 0.470. The summed E-state index contributed by atoms with van der Waals surface area (Å²) >= 11 is 1.58. The van der Waals surface area contributed by atoms with Gasteiger partial charge in [-0.1, -0.05) is 0 Å². The van der Waals surface area contributed by atoms with Crippen LogP contribution in [0.15, 0.2) is 46.8 Å². The van der Waals surface area contributed by atoms with Crippen LogP contribution < -0.4 is 11.3 Å². The maximum Gasteiger partial charge on any atom is 0.259 e. The molecule has 0 spiro atoms. The van der Waals surface area contributed by atoms with E-state index < -0.39 is 0 Å². The molecule has 0 amide bonds. The molecule has 5 heteroatoms. The number of nitrogens with two attached hydrogens (primary N) is 1. The summed E-state index contributed by atoms with van der Waals surface area (Å²) in [6, 6.07) is 7.47. The van der Waals surface area contributed by atoms with Gasteiger partial charge in [-0.2, -0.15) is 0 Å². The minimum Gasteiger partial charge on any atom is -0.384 e. The number of hydrogen-bond acceptors (Lipinski definition) is 4. The Balaban J connectivity index is 2.05. The molecule has 0 bridgehead atoms. The maximum atomic E-state index is 12.2. The van der Waals surface area contributed by atoms with Crippen LogP contribution in [0.4, 0.5) is 5.82 Å². The fraction of sp³-hybridized carbons (Fsp3) is 0.0769. The summed E-state index contributed by atoms with van der Waals surface area (Å²) in [6.07, 6.45) is 3.47. The molecule has 90 valence electrons. The SMILES string of the molecule is Nc1cc(Cn2ccc3sccc3c2=O)ccn1. The van der Waals surface area contributed by atoms with Crippen molar-refractivity contribution in [2.24, 2.45) is 0 Å². The van der Waals surface area contributed by atoms with Gasteiger partial charge in [-0.05, 0) is 35.2 Å². The van der Waals surface area contributed by atoms with Gasteiger partial charge in [0.1, 0.15) is 5.82 Å². The number of fused-ring (bicyclic) bond motifs is 1. The number of anilines is 1. The van der Waals surface area contributed by atoms with Gasteiger partial charge in [0.05, 0.1) is 11.9 Å². The number of hydrogen-bond donors (Lipinski definition) is 1. The van der Waals surface area contributed by atoms with Crippen LogP contribution >= 0.6 is 11.3 Å². The molecule has 3 aromatic heterocycles. The minimum absolute atomic E-state index is 0.0316. The van der Waals surface area contributed by atoms with E-state index >= 15 is 0 Å². The van der Waals surface area contributed by atoms with Crippen LogP contribution in [-0.2, 0) is 6.54 Å². The summed E-state index contributed by atoms with van der Waals surface area (Å²) in [4.78, 5) is 16.1. The molecule has 0 aliphatic heterocycles. The predicted octanol–water partition coefficient (Wildman–Crippen LogP) is 2.09. The zero-order chi connectivity index (χ0) is 12.5. The lowest BCUT2D eigenvalue weighted by Gasteiger charge is -2.06. The van der Waals surface area contributed by atoms with Crippen LogP contribution in [0.3, 0.4) is 0 Å². The fourth-order valence-corrected chi connectivity index (χ4v) is 2.69. The Hall–Kier alpha value is -2.14. The van der Waals surface area contributed by atoms with E-state index in [1.54, 1.807) is 28.2 Å². The van der Waals surface area contributed by atoms with E-state index in [0.29, 0.717) is 12.4 Å². The predicted molar refractivity (Wildman–Crippen MR) is 73.8 cm³/mol. The summed E-state index contributed by atoms with van der Waals surface area (Å²) in [7, 11) is 0. The number of thiophene rings is 1. The van der Waals surface area contributed by atoms with E-state index in [0.717, 1.165) is 15.6 Å². The Bertz CT molecular complexity index is 760. The lowest BCUT2D eigenvalue weighted by molar-refractivity contribution is 0.767. The van der Waals surface area contributed by atoms with Gasteiger partial charge in [-0.25, -0.2) is 4.98 Å². The lowest BCUT2D eigenvalue weighted by Crippen LogP contribution is -2.19. The molecule has 0 radical (unpaired) electrons. The molecule has 0 aliphatic carbocycles. The summed E-state index contributed by atoms with van der Waals surface area (Å²) in [5.41, 5.74) is 6.63. The Kier molecular flexibility index (Phi) is 2.60. The third-order valence-electron chi connectivity index (χ3n) is 2.79. The number of pyridine rings is 2. The Morgan fingerprint density at radius 3 is 3.06 bits per heavy atom. The maximum absolute atomic E-state index is 12.2. The first kappa shape index (κ1) is 11.0. The number of aromatic nitrogens is 2. The Labute approximate surface area is 107 Å². The molecule has 2 N–H and O–H groups in total. The van der Waals surface area contributed by atoms with Crippen molar-refractivity contribution in [1.82, 2.24) is 9.55 Å². The zero-order valence-electron chi connectivity index (χ0n) is 9.54. The third-order valence-corrected chi connectivity index (χ3v) is 3.67. The van der Waals surface area contributed by atoms with E-state index in [1.807, 2.05) is 29.8 Å². The summed E-state index contributed by atoms with van der Waals surface area (Å²) in [5, 5.41) is 2.70. The van der Waals surface area contributed by atoms with Crippen LogP contribution in [0.1, 0.15) is 5.56 Å². The lowest BCUT2D eigenvalue weighted by atomic mass is 10.2. The minimum atomic E-state index is 0.0316. The molecule has 0 saturated carbocycles. The van der Waals surface area contributed by atoms with Crippen LogP contribution in [-0.4, -0.2) is 9.55 Å². The van der Waals surface area contributed by atoms with Crippen molar-refractivity contribution in [3.8, 4) is 0 Å². The normalized spacial score (nSPS) is 10.9. The molecule has 3 rings (SSSR count). The molecule has 4 nitrogen and oxygen atoms in total. The van der Waals surface area contributed by atoms with Gasteiger partial charge < -0.3 is 10.3 Å². The van der Waals surface area contributed by atoms with Crippen molar-refractivity contribution in [1.29, 1.82) is 0 Å². The molecular formula is C13H11N3OS. The van der Waals surface area contributed by atoms with Crippen molar-refractivity contribution in [3.63, 3.8) is 0 Å². The van der Waals surface area contributed by atoms with Crippen LogP contribution in [0.25, 0.3) is 10.1 Å². The van der Waals surface area contributed by atoms with Crippen LogP contribution in [0.2, 0.25) is 0 Å². The van der Waals surface area contributed by atoms with E-state index in [-0.39, 0.29) is 5.56 Å². The zero-order valence-corrected chi connectivity index (χ0v) is 10.4. The van der Waals surface area contributed by atoms with Gasteiger partial charge in [0.25, 0.3) is 5.56 Å². The molecule has 0 aliphatic rings. The molecule has 18 heavy (non-hydrogen) atoms. The van der Waals surface area contributed by atoms with Crippen molar-refractivity contribution in [2.75, 3.05) is 5.73 Å². The molecule has 3 heterocycles. The van der Waals surface area contributed by atoms with Gasteiger partial charge in [0.2, 0.25) is 0 Å². The fourth-order valence-electron chi connectivity index (χ4n) is 1.92. The molecule has 3 aromatic rings. The highest BCUT2D eigenvalue weighted by atomic mass is 32.1. The van der Waals surface area contributed by atoms with Crippen LogP contribution in [0, 0.1) is 0 Å². The van der Waals surface area contributed by atoms with Crippen LogP contribution in [0.5, 0.6) is 0 Å². The largest absolute Gasteiger partial charge is 0.384 e. The highest BCUT2D eigenvalue weighted by Gasteiger charge is 2.04. The Morgan fingerprint density at radius 2 is 2.22 bits per heavy atom. The third kappa shape index (κ3) is 1.89. The van der Waals surface area contributed by atoms with Crippen molar-refractivity contribution in [2.45, 2.75) is 6.54 Å². The number of nitrogen functional groups attached to an aromatic ring is 1. The first-order valence-electron chi connectivity index (χ1n) is 5.51. The second-order valence-corrected chi connectivity index (χ2v) is 4.98. The average molecular weight is 257 g/mol. The smallest absolute Gasteiger partial charge is 0.259 e. The molecule has 0 atom stereocenters. The van der Waals surface area contributed by atoms with E-state index in [4.69, 9.17) is 5.73 Å². The van der Waals surface area contributed by atoms with E-state index in [9.17, 15) is 4.79 Å². The molecular weight excluding hydrogens is 246 g/mol. The second kappa shape index (κ2) is 4.27. The Morgan fingerprint density at radius 1 is 1.33 bits per heavy atom. The van der Waals surface area contributed by atoms with Gasteiger partial charge in [-0.3, -0.25) is 4.79 Å². The first-order chi connectivity index (χ1) is 8.74. The quantitative estimate of drug-likeness (QED) is 0.764.